The van der Waals surface area contributed by atoms with Crippen LogP contribution in [0.25, 0.3) is 0 Å². The zero-order valence-electron chi connectivity index (χ0n) is 16.2. The molecule has 2 saturated heterocycles. The van der Waals surface area contributed by atoms with Gasteiger partial charge in [-0.2, -0.15) is 0 Å². The molecule has 0 unspecified atom stereocenters. The van der Waals surface area contributed by atoms with Crippen molar-refractivity contribution < 1.29 is 9.59 Å². The summed E-state index contributed by atoms with van der Waals surface area (Å²) in [4.78, 5) is 39.7. The SMILES string of the molecule is O=C(c1cnccn1)N1CCC[C@H](C(=O)N2CCN(c3ccccc3Cl)CC2)C1. The maximum absolute atomic E-state index is 13.1. The highest BCUT2D eigenvalue weighted by molar-refractivity contribution is 6.33. The summed E-state index contributed by atoms with van der Waals surface area (Å²) in [6.45, 7) is 3.94. The van der Waals surface area contributed by atoms with Crippen molar-refractivity contribution in [3.05, 3.63) is 53.6 Å². The number of hydrogen-bond acceptors (Lipinski definition) is 5. The number of likely N-dealkylation sites (tertiary alicyclic amines) is 1. The molecule has 0 spiro atoms. The Bertz CT molecular complexity index is 870. The van der Waals surface area contributed by atoms with Crippen molar-refractivity contribution in [2.75, 3.05) is 44.2 Å². The van der Waals surface area contributed by atoms with E-state index in [1.54, 1.807) is 11.1 Å². The van der Waals surface area contributed by atoms with E-state index in [-0.39, 0.29) is 17.7 Å². The molecule has 29 heavy (non-hydrogen) atoms. The van der Waals surface area contributed by atoms with Crippen LogP contribution in [0.1, 0.15) is 23.3 Å². The Balaban J connectivity index is 1.35. The van der Waals surface area contributed by atoms with E-state index in [1.807, 2.05) is 29.2 Å². The number of nitrogens with zero attached hydrogens (tertiary/aromatic N) is 5. The Morgan fingerprint density at radius 1 is 1.00 bits per heavy atom. The van der Waals surface area contributed by atoms with Crippen molar-refractivity contribution in [1.82, 2.24) is 19.8 Å². The van der Waals surface area contributed by atoms with Crippen LogP contribution < -0.4 is 4.90 Å². The molecule has 2 amide bonds. The lowest BCUT2D eigenvalue weighted by atomic mass is 9.96. The highest BCUT2D eigenvalue weighted by Crippen LogP contribution is 2.27. The van der Waals surface area contributed by atoms with E-state index >= 15 is 0 Å². The highest BCUT2D eigenvalue weighted by atomic mass is 35.5. The topological polar surface area (TPSA) is 69.6 Å². The van der Waals surface area contributed by atoms with Crippen LogP contribution in [0.5, 0.6) is 0 Å². The predicted octanol–water partition coefficient (Wildman–Crippen LogP) is 2.33. The number of carbonyl (C=O) groups excluding carboxylic acids is 2. The second-order valence-corrected chi connectivity index (χ2v) is 7.85. The van der Waals surface area contributed by atoms with Crippen LogP contribution in [0.4, 0.5) is 5.69 Å². The molecule has 4 rings (SSSR count). The van der Waals surface area contributed by atoms with E-state index < -0.39 is 0 Å². The van der Waals surface area contributed by atoms with Crippen LogP contribution >= 0.6 is 11.6 Å². The molecule has 0 N–H and O–H groups in total. The fraction of sp³-hybridized carbons (Fsp3) is 0.429. The number of carbonyl (C=O) groups is 2. The number of piperazine rings is 1. The molecule has 0 saturated carbocycles. The van der Waals surface area contributed by atoms with Crippen molar-refractivity contribution >= 4 is 29.1 Å². The van der Waals surface area contributed by atoms with Crippen molar-refractivity contribution in [3.63, 3.8) is 0 Å². The number of para-hydroxylation sites is 1. The molecule has 7 nitrogen and oxygen atoms in total. The Hall–Kier alpha value is -2.67. The van der Waals surface area contributed by atoms with E-state index in [0.717, 1.165) is 36.6 Å². The fourth-order valence-corrected chi connectivity index (χ4v) is 4.32. The van der Waals surface area contributed by atoms with Gasteiger partial charge >= 0.3 is 0 Å². The van der Waals surface area contributed by atoms with Crippen molar-refractivity contribution in [2.24, 2.45) is 5.92 Å². The first kappa shape index (κ1) is 19.6. The van der Waals surface area contributed by atoms with Gasteiger partial charge in [-0.25, -0.2) is 4.98 Å². The van der Waals surface area contributed by atoms with E-state index in [0.29, 0.717) is 31.9 Å². The number of amides is 2. The van der Waals surface area contributed by atoms with Gasteiger partial charge in [0.25, 0.3) is 5.91 Å². The third-order valence-electron chi connectivity index (χ3n) is 5.62. The summed E-state index contributed by atoms with van der Waals surface area (Å²) in [5.74, 6) is -0.171. The second-order valence-electron chi connectivity index (χ2n) is 7.44. The quantitative estimate of drug-likeness (QED) is 0.772. The molecule has 2 fully saturated rings. The average Bonchev–Trinajstić information content (AvgIpc) is 2.79. The Morgan fingerprint density at radius 3 is 2.52 bits per heavy atom. The fourth-order valence-electron chi connectivity index (χ4n) is 4.07. The van der Waals surface area contributed by atoms with E-state index in [2.05, 4.69) is 14.9 Å². The molecular weight excluding hydrogens is 390 g/mol. The third kappa shape index (κ3) is 4.34. The van der Waals surface area contributed by atoms with Gasteiger partial charge in [0, 0.05) is 51.7 Å². The molecule has 1 atom stereocenters. The van der Waals surface area contributed by atoms with E-state index in [1.165, 1.54) is 12.4 Å². The van der Waals surface area contributed by atoms with Gasteiger partial charge in [-0.05, 0) is 25.0 Å². The summed E-state index contributed by atoms with van der Waals surface area (Å²) in [6.07, 6.45) is 6.16. The predicted molar refractivity (Wildman–Crippen MR) is 111 cm³/mol. The van der Waals surface area contributed by atoms with Crippen LogP contribution in [0.3, 0.4) is 0 Å². The van der Waals surface area contributed by atoms with Gasteiger partial charge in [-0.15, -0.1) is 0 Å². The minimum Gasteiger partial charge on any atom is -0.367 e. The third-order valence-corrected chi connectivity index (χ3v) is 5.94. The lowest BCUT2D eigenvalue weighted by Gasteiger charge is -2.39. The molecule has 152 valence electrons. The smallest absolute Gasteiger partial charge is 0.274 e. The lowest BCUT2D eigenvalue weighted by Crippen LogP contribution is -2.53. The van der Waals surface area contributed by atoms with Gasteiger partial charge in [-0.1, -0.05) is 23.7 Å². The summed E-state index contributed by atoms with van der Waals surface area (Å²) >= 11 is 6.31. The van der Waals surface area contributed by atoms with Crippen LogP contribution in [-0.2, 0) is 4.79 Å². The largest absolute Gasteiger partial charge is 0.367 e. The first-order valence-electron chi connectivity index (χ1n) is 9.97. The second kappa shape index (κ2) is 8.78. The Kier molecular flexibility index (Phi) is 5.94. The molecule has 0 aliphatic carbocycles. The molecule has 2 aliphatic rings. The molecular formula is C21H24ClN5O2. The average molecular weight is 414 g/mol. The summed E-state index contributed by atoms with van der Waals surface area (Å²) < 4.78 is 0. The van der Waals surface area contributed by atoms with Gasteiger partial charge in [-0.3, -0.25) is 14.6 Å². The number of piperidine rings is 1. The maximum atomic E-state index is 13.1. The zero-order valence-corrected chi connectivity index (χ0v) is 17.0. The van der Waals surface area contributed by atoms with Gasteiger partial charge < -0.3 is 14.7 Å². The molecule has 1 aromatic heterocycles. The molecule has 3 heterocycles. The van der Waals surface area contributed by atoms with E-state index in [9.17, 15) is 9.59 Å². The lowest BCUT2D eigenvalue weighted by molar-refractivity contribution is -0.137. The van der Waals surface area contributed by atoms with Crippen LogP contribution in [-0.4, -0.2) is 70.9 Å². The normalized spacial score (nSPS) is 19.9. The summed E-state index contributed by atoms with van der Waals surface area (Å²) in [6, 6.07) is 7.79. The highest BCUT2D eigenvalue weighted by Gasteiger charge is 2.33. The molecule has 2 aliphatic heterocycles. The minimum atomic E-state index is -0.156. The van der Waals surface area contributed by atoms with Gasteiger partial charge in [0.05, 0.1) is 22.8 Å². The maximum Gasteiger partial charge on any atom is 0.274 e. The first-order chi connectivity index (χ1) is 14.1. The number of aromatic nitrogens is 2. The first-order valence-corrected chi connectivity index (χ1v) is 10.3. The number of anilines is 1. The number of halogens is 1. The summed E-state index contributed by atoms with van der Waals surface area (Å²) in [7, 11) is 0. The number of rotatable bonds is 3. The summed E-state index contributed by atoms with van der Waals surface area (Å²) in [5, 5.41) is 0.734. The molecule has 2 aromatic rings. The number of hydrogen-bond donors (Lipinski definition) is 0. The van der Waals surface area contributed by atoms with Crippen molar-refractivity contribution in [2.45, 2.75) is 12.8 Å². The van der Waals surface area contributed by atoms with Crippen molar-refractivity contribution in [3.8, 4) is 0 Å². The molecule has 8 heteroatoms. The Labute approximate surface area is 175 Å². The standard InChI is InChI=1S/C21H24ClN5O2/c22-17-5-1-2-6-19(17)25-10-12-26(13-11-25)20(28)16-4-3-9-27(15-16)21(29)18-14-23-7-8-24-18/h1-2,5-8,14,16H,3-4,9-13,15H2/t16-/m0/s1. The Morgan fingerprint density at radius 2 is 1.79 bits per heavy atom. The molecule has 0 bridgehead atoms. The zero-order chi connectivity index (χ0) is 20.2. The van der Waals surface area contributed by atoms with Gasteiger partial charge in [0.2, 0.25) is 5.91 Å². The molecule has 0 radical (unpaired) electrons. The monoisotopic (exact) mass is 413 g/mol. The number of benzene rings is 1. The van der Waals surface area contributed by atoms with Crippen molar-refractivity contribution in [1.29, 1.82) is 0 Å². The van der Waals surface area contributed by atoms with E-state index in [4.69, 9.17) is 11.6 Å². The minimum absolute atomic E-state index is 0.139. The van der Waals surface area contributed by atoms with Crippen LogP contribution in [0.15, 0.2) is 42.9 Å². The summed E-state index contributed by atoms with van der Waals surface area (Å²) in [5.41, 5.74) is 1.34. The van der Waals surface area contributed by atoms with Crippen LogP contribution in [0, 0.1) is 5.92 Å². The van der Waals surface area contributed by atoms with Gasteiger partial charge in [0.15, 0.2) is 0 Å². The molecule has 1 aromatic carbocycles. The van der Waals surface area contributed by atoms with Gasteiger partial charge in [0.1, 0.15) is 5.69 Å². The van der Waals surface area contributed by atoms with Crippen LogP contribution in [0.2, 0.25) is 5.02 Å².